The molecule has 0 aromatic carbocycles. The van der Waals surface area contributed by atoms with Crippen LogP contribution in [-0.2, 0) is 26.2 Å². The van der Waals surface area contributed by atoms with Crippen LogP contribution < -0.4 is 43.1 Å². The summed E-state index contributed by atoms with van der Waals surface area (Å²) in [6.07, 6.45) is 18.4. The van der Waals surface area contributed by atoms with Gasteiger partial charge in [-0.1, -0.05) is 26.0 Å². The van der Waals surface area contributed by atoms with Gasteiger partial charge in [-0.15, -0.1) is 0 Å². The van der Waals surface area contributed by atoms with Crippen LogP contribution in [0.2, 0.25) is 0 Å². The molecule has 0 atom stereocenters. The molecule has 0 amide bonds. The quantitative estimate of drug-likeness (QED) is 0.177. The van der Waals surface area contributed by atoms with Crippen molar-refractivity contribution in [2.45, 2.75) is 85.5 Å². The Labute approximate surface area is 186 Å². The lowest BCUT2D eigenvalue weighted by Gasteiger charge is -2.02. The van der Waals surface area contributed by atoms with Crippen LogP contribution in [0.1, 0.15) is 57.1 Å². The van der Waals surface area contributed by atoms with E-state index in [0.717, 1.165) is 26.2 Å². The van der Waals surface area contributed by atoms with Crippen molar-refractivity contribution < 1.29 is 43.1 Å². The molecule has 0 saturated carbocycles. The Balaban J connectivity index is 0.00000338. The fraction of sp³-hybridized carbons (Fsp3) is 0.619. The van der Waals surface area contributed by atoms with Gasteiger partial charge in [0, 0.05) is 13.8 Å². The summed E-state index contributed by atoms with van der Waals surface area (Å²) in [7, 11) is 0. The van der Waals surface area contributed by atoms with Crippen molar-refractivity contribution in [1.82, 2.24) is 9.13 Å². The highest BCUT2D eigenvalue weighted by Crippen LogP contribution is 2.03. The van der Waals surface area contributed by atoms with Crippen molar-refractivity contribution in [3.05, 3.63) is 49.1 Å². The van der Waals surface area contributed by atoms with Crippen LogP contribution >= 0.6 is 0 Å². The lowest BCUT2D eigenvalue weighted by molar-refractivity contribution is -0.704. The number of hydrogen-bond acceptors (Lipinski definition) is 0. The second kappa shape index (κ2) is 14.2. The van der Waals surface area contributed by atoms with Gasteiger partial charge in [-0.05, 0) is 32.1 Å². The number of allylic oxidation sites excluding steroid dienone is 1. The fourth-order valence-electron chi connectivity index (χ4n) is 3.37. The number of unbranched alkanes of at least 4 members (excludes halogenated alkanes) is 4. The van der Waals surface area contributed by atoms with Gasteiger partial charge in [-0.25, -0.2) is 18.3 Å². The topological polar surface area (TPSA) is 17.6 Å². The van der Waals surface area contributed by atoms with Crippen molar-refractivity contribution in [1.29, 1.82) is 0 Å². The number of hydrogen-bond donors (Lipinski definition) is 0. The SMILES string of the molecule is C=CCn1cc[n+](CCCCCC[n+]2ccn(CCCC)c2C)c1C.[Br-].[Br-]. The first-order chi connectivity index (χ1) is 12.2. The number of aryl methyl sites for hydroxylation is 3. The van der Waals surface area contributed by atoms with E-state index in [9.17, 15) is 0 Å². The first-order valence-electron chi connectivity index (χ1n) is 9.88. The van der Waals surface area contributed by atoms with Gasteiger partial charge in [0.05, 0.1) is 19.6 Å². The van der Waals surface area contributed by atoms with Crippen molar-refractivity contribution >= 4 is 0 Å². The summed E-state index contributed by atoms with van der Waals surface area (Å²) in [5.74, 6) is 2.71. The Bertz CT molecular complexity index is 661. The Morgan fingerprint density at radius 3 is 1.89 bits per heavy atom. The fourth-order valence-corrected chi connectivity index (χ4v) is 3.37. The molecule has 0 unspecified atom stereocenters. The molecule has 27 heavy (non-hydrogen) atoms. The molecule has 0 aliphatic rings. The van der Waals surface area contributed by atoms with Crippen LogP contribution in [0.5, 0.6) is 0 Å². The predicted octanol–water partition coefficient (Wildman–Crippen LogP) is -2.26. The summed E-state index contributed by atoms with van der Waals surface area (Å²) in [5.41, 5.74) is 0. The van der Waals surface area contributed by atoms with Gasteiger partial charge >= 0.3 is 0 Å². The van der Waals surface area contributed by atoms with E-state index in [2.05, 4.69) is 70.4 Å². The van der Waals surface area contributed by atoms with Crippen LogP contribution in [0.25, 0.3) is 0 Å². The average Bonchev–Trinajstić information content (AvgIpc) is 3.13. The molecule has 2 rings (SSSR count). The summed E-state index contributed by atoms with van der Waals surface area (Å²) in [6, 6.07) is 0. The molecule has 2 aromatic rings. The molecule has 6 heteroatoms. The second-order valence-corrected chi connectivity index (χ2v) is 6.98. The maximum Gasteiger partial charge on any atom is 0.253 e. The van der Waals surface area contributed by atoms with E-state index in [0.29, 0.717) is 0 Å². The molecule has 0 radical (unpaired) electrons. The monoisotopic (exact) mass is 502 g/mol. The minimum absolute atomic E-state index is 0. The van der Waals surface area contributed by atoms with E-state index in [1.54, 1.807) is 0 Å². The van der Waals surface area contributed by atoms with Crippen LogP contribution in [0.3, 0.4) is 0 Å². The van der Waals surface area contributed by atoms with Crippen LogP contribution in [0.15, 0.2) is 37.4 Å². The van der Waals surface area contributed by atoms with Gasteiger partial charge in [0.15, 0.2) is 0 Å². The van der Waals surface area contributed by atoms with Crippen molar-refractivity contribution in [3.8, 4) is 0 Å². The van der Waals surface area contributed by atoms with E-state index >= 15 is 0 Å². The smallest absolute Gasteiger partial charge is 0.253 e. The zero-order valence-electron chi connectivity index (χ0n) is 17.2. The third kappa shape index (κ3) is 7.94. The van der Waals surface area contributed by atoms with E-state index in [-0.39, 0.29) is 34.0 Å². The van der Waals surface area contributed by atoms with Crippen LogP contribution in [-0.4, -0.2) is 9.13 Å². The van der Waals surface area contributed by atoms with E-state index < -0.39 is 0 Å². The maximum atomic E-state index is 3.82. The molecule has 0 spiro atoms. The van der Waals surface area contributed by atoms with Crippen molar-refractivity contribution in [2.75, 3.05) is 0 Å². The predicted molar refractivity (Wildman–Crippen MR) is 102 cm³/mol. The Hall–Kier alpha value is -0.880. The molecular formula is C21H36Br2N4. The van der Waals surface area contributed by atoms with Gasteiger partial charge < -0.3 is 34.0 Å². The zero-order valence-corrected chi connectivity index (χ0v) is 20.4. The second-order valence-electron chi connectivity index (χ2n) is 6.98. The first-order valence-corrected chi connectivity index (χ1v) is 9.88. The van der Waals surface area contributed by atoms with E-state index in [1.165, 1.54) is 50.2 Å². The maximum absolute atomic E-state index is 3.82. The van der Waals surface area contributed by atoms with Gasteiger partial charge in [0.25, 0.3) is 11.6 Å². The molecule has 4 nitrogen and oxygen atoms in total. The third-order valence-electron chi connectivity index (χ3n) is 5.14. The molecule has 2 heterocycles. The molecule has 0 fully saturated rings. The highest BCUT2D eigenvalue weighted by molar-refractivity contribution is 4.83. The summed E-state index contributed by atoms with van der Waals surface area (Å²) < 4.78 is 9.40. The number of nitrogens with zero attached hydrogens (tertiary/aromatic N) is 4. The minimum Gasteiger partial charge on any atom is -1.00 e. The Morgan fingerprint density at radius 2 is 1.37 bits per heavy atom. The molecule has 154 valence electrons. The highest BCUT2D eigenvalue weighted by Gasteiger charge is 2.12. The molecular weight excluding hydrogens is 468 g/mol. The van der Waals surface area contributed by atoms with Crippen LogP contribution in [0, 0.1) is 13.8 Å². The number of aromatic nitrogens is 4. The lowest BCUT2D eigenvalue weighted by Crippen LogP contribution is -3.00. The zero-order chi connectivity index (χ0) is 18.1. The largest absolute Gasteiger partial charge is 1.00 e. The van der Waals surface area contributed by atoms with Gasteiger partial charge in [0.1, 0.15) is 31.3 Å². The molecule has 2 aromatic heterocycles. The number of halogens is 2. The van der Waals surface area contributed by atoms with Gasteiger partial charge in [-0.2, -0.15) is 0 Å². The first kappa shape index (κ1) is 26.1. The summed E-state index contributed by atoms with van der Waals surface area (Å²) in [6.45, 7) is 14.8. The van der Waals surface area contributed by atoms with E-state index in [4.69, 9.17) is 0 Å². The summed E-state index contributed by atoms with van der Waals surface area (Å²) >= 11 is 0. The minimum atomic E-state index is 0. The highest BCUT2D eigenvalue weighted by atomic mass is 79.9. The van der Waals surface area contributed by atoms with Crippen molar-refractivity contribution in [2.24, 2.45) is 0 Å². The molecule has 0 saturated heterocycles. The average molecular weight is 504 g/mol. The molecule has 0 bridgehead atoms. The molecule has 0 aliphatic carbocycles. The lowest BCUT2D eigenvalue weighted by atomic mass is 10.2. The molecule has 0 N–H and O–H groups in total. The standard InChI is InChI=1S/C21H36N4.2BrH/c1-5-7-13-23-18-19-25(21(23)4)15-11-9-8-10-14-24-17-16-22(12-6-2)20(24)3;;/h6,16-19H,2,5,7-15H2,1,3-4H3;2*1H/q+2;;/p-2. The summed E-state index contributed by atoms with van der Waals surface area (Å²) in [5, 5.41) is 0. The number of rotatable bonds is 12. The molecule has 0 aliphatic heterocycles. The Kier molecular flexibility index (Phi) is 13.7. The number of imidazole rings is 2. The van der Waals surface area contributed by atoms with Crippen molar-refractivity contribution in [3.63, 3.8) is 0 Å². The Morgan fingerprint density at radius 1 is 0.852 bits per heavy atom. The third-order valence-corrected chi connectivity index (χ3v) is 5.14. The van der Waals surface area contributed by atoms with Gasteiger partial charge in [-0.3, -0.25) is 0 Å². The normalized spacial score (nSPS) is 10.3. The van der Waals surface area contributed by atoms with E-state index in [1.807, 2.05) is 6.08 Å². The van der Waals surface area contributed by atoms with Crippen LogP contribution in [0.4, 0.5) is 0 Å². The van der Waals surface area contributed by atoms with Gasteiger partial charge in [0.2, 0.25) is 0 Å². The summed E-state index contributed by atoms with van der Waals surface area (Å²) in [4.78, 5) is 0.